The van der Waals surface area contributed by atoms with Gasteiger partial charge in [-0.25, -0.2) is 0 Å². The molecule has 0 heterocycles. The first-order valence-electron chi connectivity index (χ1n) is 6.30. The summed E-state index contributed by atoms with van der Waals surface area (Å²) in [6.45, 7) is 0.982. The lowest BCUT2D eigenvalue weighted by Gasteiger charge is -2.22. The fourth-order valence-corrected chi connectivity index (χ4v) is 2.72. The van der Waals surface area contributed by atoms with Crippen LogP contribution < -0.4 is 4.90 Å². The van der Waals surface area contributed by atoms with Crippen LogP contribution in [0.1, 0.15) is 11.1 Å². The van der Waals surface area contributed by atoms with Crippen LogP contribution in [0.3, 0.4) is 0 Å². The van der Waals surface area contributed by atoms with Crippen LogP contribution in [0.25, 0.3) is 0 Å². The van der Waals surface area contributed by atoms with Gasteiger partial charge in [0.25, 0.3) is 0 Å². The molecule has 2 rings (SSSR count). The zero-order valence-electron chi connectivity index (χ0n) is 10.9. The smallest absolute Gasteiger partial charge is 0.0494 e. The highest BCUT2D eigenvalue weighted by molar-refractivity contribution is 9.10. The van der Waals surface area contributed by atoms with Crippen molar-refractivity contribution in [1.29, 1.82) is 0 Å². The molecule has 0 unspecified atom stereocenters. The minimum Gasteiger partial charge on any atom is -0.374 e. The van der Waals surface area contributed by atoms with E-state index in [0.717, 1.165) is 23.0 Å². The molecular weight excluding hydrogens is 322 g/mol. The quantitative estimate of drug-likeness (QED) is 0.703. The Morgan fingerprint density at radius 1 is 1.11 bits per heavy atom. The predicted octanol–water partition coefficient (Wildman–Crippen LogP) is 4.87. The molecule has 0 atom stereocenters. The molecule has 0 spiro atoms. The summed E-state index contributed by atoms with van der Waals surface area (Å²) in [6, 6.07) is 16.8. The average molecular weight is 339 g/mol. The monoisotopic (exact) mass is 337 g/mol. The summed E-state index contributed by atoms with van der Waals surface area (Å²) in [5.74, 6) is 0.532. The van der Waals surface area contributed by atoms with Gasteiger partial charge in [-0.05, 0) is 35.7 Å². The van der Waals surface area contributed by atoms with Gasteiger partial charge < -0.3 is 4.90 Å². The summed E-state index contributed by atoms with van der Waals surface area (Å²) in [6.07, 6.45) is 1.04. The summed E-state index contributed by atoms with van der Waals surface area (Å²) in [5.41, 5.74) is 3.72. The summed E-state index contributed by atoms with van der Waals surface area (Å²) in [7, 11) is 2.11. The molecule has 0 radical (unpaired) electrons. The standard InChI is InChI=1S/C16H17BrClN/c1-19(10-9-13-5-3-2-4-6-13)16-8-7-15(17)11-14(16)12-18/h2-8,11H,9-10,12H2,1H3. The van der Waals surface area contributed by atoms with E-state index in [-0.39, 0.29) is 0 Å². The number of halogens is 2. The second-order valence-electron chi connectivity index (χ2n) is 4.56. The maximum atomic E-state index is 6.02. The van der Waals surface area contributed by atoms with Gasteiger partial charge in [0.2, 0.25) is 0 Å². The molecule has 0 aliphatic heterocycles. The number of rotatable bonds is 5. The van der Waals surface area contributed by atoms with Crippen LogP contribution in [0.4, 0.5) is 5.69 Å². The predicted molar refractivity (Wildman–Crippen MR) is 87.1 cm³/mol. The van der Waals surface area contributed by atoms with Crippen LogP contribution in [-0.2, 0) is 12.3 Å². The second-order valence-corrected chi connectivity index (χ2v) is 5.75. The lowest BCUT2D eigenvalue weighted by atomic mass is 10.1. The third-order valence-corrected chi connectivity index (χ3v) is 3.96. The number of benzene rings is 2. The lowest BCUT2D eigenvalue weighted by molar-refractivity contribution is 0.872. The van der Waals surface area contributed by atoms with Crippen molar-refractivity contribution in [2.45, 2.75) is 12.3 Å². The highest BCUT2D eigenvalue weighted by atomic mass is 79.9. The molecule has 0 saturated heterocycles. The van der Waals surface area contributed by atoms with Crippen LogP contribution in [0.5, 0.6) is 0 Å². The van der Waals surface area contributed by atoms with E-state index in [2.05, 4.69) is 70.3 Å². The number of hydrogen-bond donors (Lipinski definition) is 0. The Morgan fingerprint density at radius 3 is 2.53 bits per heavy atom. The summed E-state index contributed by atoms with van der Waals surface area (Å²) < 4.78 is 1.07. The number of nitrogens with zero attached hydrogens (tertiary/aromatic N) is 1. The van der Waals surface area contributed by atoms with Crippen LogP contribution in [0, 0.1) is 0 Å². The molecule has 0 aliphatic rings. The molecule has 0 fully saturated rings. The van der Waals surface area contributed by atoms with Gasteiger partial charge in [0.15, 0.2) is 0 Å². The van der Waals surface area contributed by atoms with Crippen molar-refractivity contribution in [2.75, 3.05) is 18.5 Å². The van der Waals surface area contributed by atoms with Crippen molar-refractivity contribution in [3.63, 3.8) is 0 Å². The molecule has 2 aromatic rings. The van der Waals surface area contributed by atoms with E-state index < -0.39 is 0 Å². The largest absolute Gasteiger partial charge is 0.374 e. The summed E-state index contributed by atoms with van der Waals surface area (Å²) >= 11 is 9.50. The van der Waals surface area contributed by atoms with Gasteiger partial charge in [0.1, 0.15) is 0 Å². The van der Waals surface area contributed by atoms with E-state index in [1.807, 2.05) is 6.07 Å². The number of alkyl halides is 1. The molecule has 0 aliphatic carbocycles. The van der Waals surface area contributed by atoms with Gasteiger partial charge in [-0.3, -0.25) is 0 Å². The lowest BCUT2D eigenvalue weighted by Crippen LogP contribution is -2.21. The molecule has 3 heteroatoms. The molecule has 0 saturated carbocycles. The Hall–Kier alpha value is -0.990. The fourth-order valence-electron chi connectivity index (χ4n) is 2.10. The van der Waals surface area contributed by atoms with E-state index in [9.17, 15) is 0 Å². The van der Waals surface area contributed by atoms with Crippen molar-refractivity contribution in [3.8, 4) is 0 Å². The zero-order valence-corrected chi connectivity index (χ0v) is 13.3. The maximum Gasteiger partial charge on any atom is 0.0494 e. The third-order valence-electron chi connectivity index (χ3n) is 3.18. The Kier molecular flexibility index (Phi) is 5.29. The van der Waals surface area contributed by atoms with Gasteiger partial charge in [-0.15, -0.1) is 11.6 Å². The number of anilines is 1. The van der Waals surface area contributed by atoms with Gasteiger partial charge in [-0.2, -0.15) is 0 Å². The van der Waals surface area contributed by atoms with Crippen LogP contribution in [0.2, 0.25) is 0 Å². The maximum absolute atomic E-state index is 6.02. The Balaban J connectivity index is 2.05. The Morgan fingerprint density at radius 2 is 1.84 bits per heavy atom. The van der Waals surface area contributed by atoms with Crippen molar-refractivity contribution < 1.29 is 0 Å². The van der Waals surface area contributed by atoms with E-state index in [1.54, 1.807) is 0 Å². The van der Waals surface area contributed by atoms with Crippen molar-refractivity contribution in [3.05, 3.63) is 64.1 Å². The fraction of sp³-hybridized carbons (Fsp3) is 0.250. The van der Waals surface area contributed by atoms with Crippen LogP contribution in [-0.4, -0.2) is 13.6 Å². The molecule has 0 bridgehead atoms. The minimum absolute atomic E-state index is 0.532. The van der Waals surface area contributed by atoms with Crippen LogP contribution in [0.15, 0.2) is 53.0 Å². The molecule has 1 nitrogen and oxygen atoms in total. The zero-order chi connectivity index (χ0) is 13.7. The molecule has 0 N–H and O–H groups in total. The molecular formula is C16H17BrClN. The molecule has 100 valence electrons. The summed E-state index contributed by atoms with van der Waals surface area (Å²) in [4.78, 5) is 2.26. The van der Waals surface area contributed by atoms with E-state index >= 15 is 0 Å². The molecule has 2 aromatic carbocycles. The number of likely N-dealkylation sites (N-methyl/N-ethyl adjacent to an activating group) is 1. The molecule has 0 aromatic heterocycles. The SMILES string of the molecule is CN(CCc1ccccc1)c1ccc(Br)cc1CCl. The van der Waals surface area contributed by atoms with Gasteiger partial charge in [-0.1, -0.05) is 46.3 Å². The average Bonchev–Trinajstić information content (AvgIpc) is 2.45. The van der Waals surface area contributed by atoms with Gasteiger partial charge >= 0.3 is 0 Å². The summed E-state index contributed by atoms with van der Waals surface area (Å²) in [5, 5.41) is 0. The minimum atomic E-state index is 0.532. The van der Waals surface area contributed by atoms with Crippen molar-refractivity contribution >= 4 is 33.2 Å². The molecule has 0 amide bonds. The van der Waals surface area contributed by atoms with E-state index in [4.69, 9.17) is 11.6 Å². The van der Waals surface area contributed by atoms with E-state index in [1.165, 1.54) is 11.3 Å². The normalized spacial score (nSPS) is 10.5. The Labute approximate surface area is 128 Å². The highest BCUT2D eigenvalue weighted by Gasteiger charge is 2.07. The Bertz CT molecular complexity index is 528. The number of hydrogen-bond acceptors (Lipinski definition) is 1. The molecule has 19 heavy (non-hydrogen) atoms. The first kappa shape index (κ1) is 14.4. The van der Waals surface area contributed by atoms with Gasteiger partial charge in [0.05, 0.1) is 0 Å². The van der Waals surface area contributed by atoms with Crippen LogP contribution >= 0.6 is 27.5 Å². The van der Waals surface area contributed by atoms with E-state index in [0.29, 0.717) is 5.88 Å². The first-order chi connectivity index (χ1) is 9.20. The van der Waals surface area contributed by atoms with Gasteiger partial charge in [0, 0.05) is 29.6 Å². The third kappa shape index (κ3) is 3.99. The highest BCUT2D eigenvalue weighted by Crippen LogP contribution is 2.25. The van der Waals surface area contributed by atoms with Crippen molar-refractivity contribution in [2.24, 2.45) is 0 Å². The topological polar surface area (TPSA) is 3.24 Å². The second kappa shape index (κ2) is 6.97. The first-order valence-corrected chi connectivity index (χ1v) is 7.63. The van der Waals surface area contributed by atoms with Crippen molar-refractivity contribution in [1.82, 2.24) is 0 Å².